The number of halogens is 1. The molecule has 2 heterocycles. The predicted octanol–water partition coefficient (Wildman–Crippen LogP) is 2.79. The molecule has 0 aliphatic carbocycles. The van der Waals surface area contributed by atoms with Gasteiger partial charge in [-0.05, 0) is 48.9 Å². The SMILES string of the molecule is C[C@@]1(c2ccc3c(c2)OCCO3)NC(=O)N(CC(=O)NCCSc2ccc(Cl)cc2)C1=O. The van der Waals surface area contributed by atoms with Crippen LogP contribution in [0.2, 0.25) is 5.02 Å². The van der Waals surface area contributed by atoms with E-state index >= 15 is 0 Å². The van der Waals surface area contributed by atoms with E-state index in [-0.39, 0.29) is 6.54 Å². The quantitative estimate of drug-likeness (QED) is 0.363. The van der Waals surface area contributed by atoms with Gasteiger partial charge in [-0.1, -0.05) is 17.7 Å². The lowest BCUT2D eigenvalue weighted by molar-refractivity contribution is -0.134. The summed E-state index contributed by atoms with van der Waals surface area (Å²) in [5.74, 6) is 0.851. The second-order valence-corrected chi connectivity index (χ2v) is 9.06. The van der Waals surface area contributed by atoms with E-state index in [0.717, 1.165) is 9.80 Å². The zero-order valence-electron chi connectivity index (χ0n) is 17.4. The number of amides is 4. The van der Waals surface area contributed by atoms with Crippen molar-refractivity contribution in [2.24, 2.45) is 0 Å². The molecule has 2 aliphatic heterocycles. The zero-order chi connectivity index (χ0) is 22.7. The highest BCUT2D eigenvalue weighted by Gasteiger charge is 2.49. The number of thioether (sulfide) groups is 1. The summed E-state index contributed by atoms with van der Waals surface area (Å²) < 4.78 is 11.1. The molecule has 168 valence electrons. The van der Waals surface area contributed by atoms with Crippen LogP contribution in [-0.2, 0) is 15.1 Å². The number of urea groups is 1. The average Bonchev–Trinajstić information content (AvgIpc) is 3.01. The fourth-order valence-electron chi connectivity index (χ4n) is 3.48. The van der Waals surface area contributed by atoms with Crippen LogP contribution in [0.4, 0.5) is 4.79 Å². The van der Waals surface area contributed by atoms with Crippen molar-refractivity contribution in [3.8, 4) is 11.5 Å². The van der Waals surface area contributed by atoms with Crippen molar-refractivity contribution < 1.29 is 23.9 Å². The molecule has 2 N–H and O–H groups in total. The van der Waals surface area contributed by atoms with Gasteiger partial charge in [0.25, 0.3) is 5.91 Å². The molecular formula is C22H22ClN3O5S. The topological polar surface area (TPSA) is 97.0 Å². The number of carbonyl (C=O) groups is 3. The molecule has 0 bridgehead atoms. The summed E-state index contributed by atoms with van der Waals surface area (Å²) in [5.41, 5.74) is -0.736. The Morgan fingerprint density at radius 1 is 1.16 bits per heavy atom. The smallest absolute Gasteiger partial charge is 0.325 e. The summed E-state index contributed by atoms with van der Waals surface area (Å²) >= 11 is 7.43. The first-order valence-corrected chi connectivity index (χ1v) is 11.4. The van der Waals surface area contributed by atoms with Gasteiger partial charge in [0.05, 0.1) is 0 Å². The molecule has 1 fully saturated rings. The van der Waals surface area contributed by atoms with Gasteiger partial charge in [-0.2, -0.15) is 0 Å². The Hall–Kier alpha value is -2.91. The van der Waals surface area contributed by atoms with Gasteiger partial charge in [-0.15, -0.1) is 11.8 Å². The van der Waals surface area contributed by atoms with Gasteiger partial charge in [-0.25, -0.2) is 4.79 Å². The maximum absolute atomic E-state index is 13.1. The molecule has 0 radical (unpaired) electrons. The lowest BCUT2D eigenvalue weighted by Gasteiger charge is -2.25. The molecule has 0 aromatic heterocycles. The van der Waals surface area contributed by atoms with Gasteiger partial charge in [0.15, 0.2) is 11.5 Å². The van der Waals surface area contributed by atoms with Gasteiger partial charge in [0.2, 0.25) is 5.91 Å². The van der Waals surface area contributed by atoms with Crippen molar-refractivity contribution in [1.29, 1.82) is 0 Å². The number of hydrogen-bond acceptors (Lipinski definition) is 6. The third-order valence-corrected chi connectivity index (χ3v) is 6.47. The predicted molar refractivity (Wildman–Crippen MR) is 120 cm³/mol. The van der Waals surface area contributed by atoms with E-state index in [2.05, 4.69) is 10.6 Å². The summed E-state index contributed by atoms with van der Waals surface area (Å²) in [7, 11) is 0. The number of fused-ring (bicyclic) bond motifs is 1. The van der Waals surface area contributed by atoms with Crippen LogP contribution in [0, 0.1) is 0 Å². The van der Waals surface area contributed by atoms with Gasteiger partial charge in [-0.3, -0.25) is 14.5 Å². The highest BCUT2D eigenvalue weighted by atomic mass is 35.5. The molecule has 4 rings (SSSR count). The first-order chi connectivity index (χ1) is 15.4. The Kier molecular flexibility index (Phi) is 6.48. The minimum atomic E-state index is -1.29. The Balaban J connectivity index is 1.33. The van der Waals surface area contributed by atoms with Crippen LogP contribution < -0.4 is 20.1 Å². The molecule has 1 saturated heterocycles. The Morgan fingerprint density at radius 3 is 2.62 bits per heavy atom. The van der Waals surface area contributed by atoms with E-state index in [4.69, 9.17) is 21.1 Å². The van der Waals surface area contributed by atoms with Crippen molar-refractivity contribution in [3.63, 3.8) is 0 Å². The number of ether oxygens (including phenoxy) is 2. The third-order valence-electron chi connectivity index (χ3n) is 5.20. The Labute approximate surface area is 194 Å². The summed E-state index contributed by atoms with van der Waals surface area (Å²) in [6, 6.07) is 11.9. The van der Waals surface area contributed by atoms with E-state index in [9.17, 15) is 14.4 Å². The summed E-state index contributed by atoms with van der Waals surface area (Å²) in [6.45, 7) is 2.53. The molecular weight excluding hydrogens is 454 g/mol. The Morgan fingerprint density at radius 2 is 1.88 bits per heavy atom. The maximum Gasteiger partial charge on any atom is 0.325 e. The van der Waals surface area contributed by atoms with E-state index in [1.165, 1.54) is 0 Å². The van der Waals surface area contributed by atoms with E-state index in [0.29, 0.717) is 47.6 Å². The largest absolute Gasteiger partial charge is 0.486 e. The first-order valence-electron chi connectivity index (χ1n) is 10.1. The molecule has 32 heavy (non-hydrogen) atoms. The molecule has 2 aliphatic rings. The van der Waals surface area contributed by atoms with Crippen LogP contribution >= 0.6 is 23.4 Å². The third kappa shape index (κ3) is 4.63. The summed E-state index contributed by atoms with van der Waals surface area (Å²) in [4.78, 5) is 39.8. The zero-order valence-corrected chi connectivity index (χ0v) is 18.9. The standard InChI is InChI=1S/C22H22ClN3O5S/c1-22(14-2-7-17-18(12-14)31-10-9-30-17)20(28)26(21(29)25-22)13-19(27)24-8-11-32-16-5-3-15(23)4-6-16/h2-7,12H,8-11,13H2,1H3,(H,24,27)(H,25,29)/t22-/m0/s1. The first kappa shape index (κ1) is 22.3. The van der Waals surface area contributed by atoms with Gasteiger partial charge in [0, 0.05) is 22.2 Å². The second kappa shape index (κ2) is 9.30. The van der Waals surface area contributed by atoms with Crippen molar-refractivity contribution in [1.82, 2.24) is 15.5 Å². The fourth-order valence-corrected chi connectivity index (χ4v) is 4.37. The lowest BCUT2D eigenvalue weighted by atomic mass is 9.91. The molecule has 8 nitrogen and oxygen atoms in total. The number of benzene rings is 2. The highest BCUT2D eigenvalue weighted by molar-refractivity contribution is 7.99. The highest BCUT2D eigenvalue weighted by Crippen LogP contribution is 2.36. The van der Waals surface area contributed by atoms with Crippen molar-refractivity contribution in [2.75, 3.05) is 32.1 Å². The lowest BCUT2D eigenvalue weighted by Crippen LogP contribution is -2.43. The van der Waals surface area contributed by atoms with Crippen molar-refractivity contribution >= 4 is 41.2 Å². The number of carbonyl (C=O) groups excluding carboxylic acids is 3. The molecule has 0 saturated carbocycles. The number of imide groups is 1. The monoisotopic (exact) mass is 475 g/mol. The van der Waals surface area contributed by atoms with E-state index in [1.54, 1.807) is 49.0 Å². The fraction of sp³-hybridized carbons (Fsp3) is 0.318. The molecule has 1 atom stereocenters. The average molecular weight is 476 g/mol. The molecule has 10 heteroatoms. The number of nitrogens with zero attached hydrogens (tertiary/aromatic N) is 1. The second-order valence-electron chi connectivity index (χ2n) is 7.46. The van der Waals surface area contributed by atoms with Gasteiger partial charge in [0.1, 0.15) is 25.3 Å². The van der Waals surface area contributed by atoms with Gasteiger partial charge >= 0.3 is 6.03 Å². The van der Waals surface area contributed by atoms with Crippen LogP contribution in [0.25, 0.3) is 0 Å². The van der Waals surface area contributed by atoms with Crippen LogP contribution in [0.3, 0.4) is 0 Å². The van der Waals surface area contributed by atoms with Crippen LogP contribution in [-0.4, -0.2) is 54.8 Å². The molecule has 2 aromatic carbocycles. The van der Waals surface area contributed by atoms with Crippen molar-refractivity contribution in [2.45, 2.75) is 17.4 Å². The minimum absolute atomic E-state index is 0.351. The minimum Gasteiger partial charge on any atom is -0.486 e. The van der Waals surface area contributed by atoms with Crippen LogP contribution in [0.1, 0.15) is 12.5 Å². The summed E-state index contributed by atoms with van der Waals surface area (Å²) in [5, 5.41) is 6.11. The van der Waals surface area contributed by atoms with Crippen LogP contribution in [0.5, 0.6) is 11.5 Å². The Bertz CT molecular complexity index is 1050. The normalized spacial score (nSPS) is 19.6. The van der Waals surface area contributed by atoms with Crippen molar-refractivity contribution in [3.05, 3.63) is 53.1 Å². The van der Waals surface area contributed by atoms with E-state index < -0.39 is 23.4 Å². The molecule has 2 aromatic rings. The number of rotatable bonds is 7. The van der Waals surface area contributed by atoms with E-state index in [1.807, 2.05) is 12.1 Å². The molecule has 4 amide bonds. The number of hydrogen-bond donors (Lipinski definition) is 2. The van der Waals surface area contributed by atoms with Gasteiger partial charge < -0.3 is 20.1 Å². The maximum atomic E-state index is 13.1. The molecule has 0 unspecified atom stereocenters. The molecule has 0 spiro atoms. The number of nitrogens with one attached hydrogen (secondary N) is 2. The summed E-state index contributed by atoms with van der Waals surface area (Å²) in [6.07, 6.45) is 0. The van der Waals surface area contributed by atoms with Crippen LogP contribution in [0.15, 0.2) is 47.4 Å².